The Kier molecular flexibility index (Phi) is 5.98. The van der Waals surface area contributed by atoms with Gasteiger partial charge in [-0.25, -0.2) is 0 Å². The monoisotopic (exact) mass is 282 g/mol. The minimum Gasteiger partial charge on any atom is -0.352 e. The molecule has 0 heterocycles. The number of carbonyl (C=O) groups excluding carboxylic acids is 1. The lowest BCUT2D eigenvalue weighted by Crippen LogP contribution is -2.27. The van der Waals surface area contributed by atoms with Gasteiger partial charge in [0, 0.05) is 12.1 Å². The third-order valence-electron chi connectivity index (χ3n) is 3.45. The van der Waals surface area contributed by atoms with Crippen LogP contribution in [0.1, 0.15) is 21.5 Å². The maximum Gasteiger partial charge on any atom is 0.251 e. The van der Waals surface area contributed by atoms with Crippen molar-refractivity contribution in [3.05, 3.63) is 71.3 Å². The fraction of sp³-hybridized carbons (Fsp3) is 0.278. The van der Waals surface area contributed by atoms with Gasteiger partial charge in [-0.05, 0) is 43.6 Å². The Morgan fingerprint density at radius 1 is 0.905 bits per heavy atom. The molecule has 1 amide bonds. The van der Waals surface area contributed by atoms with E-state index in [1.165, 1.54) is 5.56 Å². The topological polar surface area (TPSA) is 41.1 Å². The number of rotatable bonds is 7. The van der Waals surface area contributed by atoms with Crippen molar-refractivity contribution >= 4 is 5.91 Å². The molecule has 0 spiro atoms. The molecule has 0 saturated heterocycles. The van der Waals surface area contributed by atoms with Gasteiger partial charge < -0.3 is 10.6 Å². The molecule has 3 heteroatoms. The van der Waals surface area contributed by atoms with Crippen LogP contribution in [0.15, 0.2) is 54.6 Å². The molecule has 0 unspecified atom stereocenters. The lowest BCUT2D eigenvalue weighted by molar-refractivity contribution is 0.0953. The van der Waals surface area contributed by atoms with Gasteiger partial charge in [-0.2, -0.15) is 0 Å². The first-order chi connectivity index (χ1) is 10.3. The summed E-state index contributed by atoms with van der Waals surface area (Å²) in [7, 11) is 1.92. The molecular formula is C18H22N2O. The summed E-state index contributed by atoms with van der Waals surface area (Å²) < 4.78 is 0. The summed E-state index contributed by atoms with van der Waals surface area (Å²) in [4.78, 5) is 12.3. The number of amides is 1. The van der Waals surface area contributed by atoms with E-state index < -0.39 is 0 Å². The lowest BCUT2D eigenvalue weighted by atomic mass is 10.0. The van der Waals surface area contributed by atoms with Crippen molar-refractivity contribution < 1.29 is 4.79 Å². The summed E-state index contributed by atoms with van der Waals surface area (Å²) >= 11 is 0. The number of hydrogen-bond donors (Lipinski definition) is 2. The molecule has 0 fully saturated rings. The van der Waals surface area contributed by atoms with Gasteiger partial charge in [0.05, 0.1) is 0 Å². The average molecular weight is 282 g/mol. The molecule has 0 aliphatic rings. The van der Waals surface area contributed by atoms with E-state index in [1.807, 2.05) is 49.5 Å². The van der Waals surface area contributed by atoms with Crippen molar-refractivity contribution in [1.82, 2.24) is 10.6 Å². The molecule has 0 bridgehead atoms. The molecule has 0 atom stereocenters. The SMILES string of the molecule is CNCCc1ccccc1C(=O)NCCc1ccccc1. The van der Waals surface area contributed by atoms with Gasteiger partial charge >= 0.3 is 0 Å². The molecule has 0 aliphatic heterocycles. The van der Waals surface area contributed by atoms with E-state index in [4.69, 9.17) is 0 Å². The van der Waals surface area contributed by atoms with Crippen LogP contribution in [0.5, 0.6) is 0 Å². The second-order valence-corrected chi connectivity index (χ2v) is 5.00. The Morgan fingerprint density at radius 2 is 1.62 bits per heavy atom. The van der Waals surface area contributed by atoms with Crippen LogP contribution in [0, 0.1) is 0 Å². The zero-order valence-corrected chi connectivity index (χ0v) is 12.4. The van der Waals surface area contributed by atoms with E-state index in [9.17, 15) is 4.79 Å². The molecule has 110 valence electrons. The zero-order chi connectivity index (χ0) is 14.9. The lowest BCUT2D eigenvalue weighted by Gasteiger charge is -2.10. The molecule has 21 heavy (non-hydrogen) atoms. The van der Waals surface area contributed by atoms with Crippen molar-refractivity contribution in [2.75, 3.05) is 20.1 Å². The molecule has 0 aromatic heterocycles. The van der Waals surface area contributed by atoms with Crippen molar-refractivity contribution in [3.8, 4) is 0 Å². The van der Waals surface area contributed by atoms with E-state index in [1.54, 1.807) is 0 Å². The van der Waals surface area contributed by atoms with Crippen LogP contribution in [0.3, 0.4) is 0 Å². The molecule has 0 aliphatic carbocycles. The van der Waals surface area contributed by atoms with E-state index >= 15 is 0 Å². The third kappa shape index (κ3) is 4.72. The molecule has 3 nitrogen and oxygen atoms in total. The number of likely N-dealkylation sites (N-methyl/N-ethyl adjacent to an activating group) is 1. The fourth-order valence-electron chi connectivity index (χ4n) is 2.28. The van der Waals surface area contributed by atoms with E-state index in [0.29, 0.717) is 6.54 Å². The molecule has 2 aromatic rings. The van der Waals surface area contributed by atoms with Gasteiger partial charge in [-0.15, -0.1) is 0 Å². The summed E-state index contributed by atoms with van der Waals surface area (Å²) in [5.41, 5.74) is 3.10. The van der Waals surface area contributed by atoms with Crippen molar-refractivity contribution in [1.29, 1.82) is 0 Å². The van der Waals surface area contributed by atoms with Crippen LogP contribution in [0.4, 0.5) is 0 Å². The standard InChI is InChI=1S/C18H22N2O/c1-19-13-12-16-9-5-6-10-17(16)18(21)20-14-11-15-7-3-2-4-8-15/h2-10,19H,11-14H2,1H3,(H,20,21). The van der Waals surface area contributed by atoms with Gasteiger partial charge in [0.2, 0.25) is 0 Å². The van der Waals surface area contributed by atoms with E-state index in [2.05, 4.69) is 22.8 Å². The summed E-state index contributed by atoms with van der Waals surface area (Å²) in [5.74, 6) is 0.0117. The van der Waals surface area contributed by atoms with Crippen molar-refractivity contribution in [2.45, 2.75) is 12.8 Å². The first kappa shape index (κ1) is 15.3. The third-order valence-corrected chi connectivity index (χ3v) is 3.45. The van der Waals surface area contributed by atoms with E-state index in [0.717, 1.165) is 30.5 Å². The highest BCUT2D eigenvalue weighted by Gasteiger charge is 2.09. The summed E-state index contributed by atoms with van der Waals surface area (Å²) in [6, 6.07) is 18.0. The van der Waals surface area contributed by atoms with Crippen LogP contribution in [0.2, 0.25) is 0 Å². The van der Waals surface area contributed by atoms with Gasteiger partial charge in [0.25, 0.3) is 5.91 Å². The average Bonchev–Trinajstić information content (AvgIpc) is 2.54. The maximum absolute atomic E-state index is 12.3. The van der Waals surface area contributed by atoms with Gasteiger partial charge in [-0.3, -0.25) is 4.79 Å². The van der Waals surface area contributed by atoms with Crippen LogP contribution in [0.25, 0.3) is 0 Å². The Bertz CT molecular complexity index is 566. The second-order valence-electron chi connectivity index (χ2n) is 5.00. The minimum atomic E-state index is 0.0117. The number of carbonyl (C=O) groups is 1. The molecule has 0 saturated carbocycles. The molecule has 2 rings (SSSR count). The molecule has 2 aromatic carbocycles. The van der Waals surface area contributed by atoms with E-state index in [-0.39, 0.29) is 5.91 Å². The first-order valence-electron chi connectivity index (χ1n) is 7.36. The Hall–Kier alpha value is -2.13. The van der Waals surface area contributed by atoms with Crippen molar-refractivity contribution in [3.63, 3.8) is 0 Å². The Balaban J connectivity index is 1.91. The molecule has 0 radical (unpaired) electrons. The molecular weight excluding hydrogens is 260 g/mol. The van der Waals surface area contributed by atoms with Gasteiger partial charge in [0.15, 0.2) is 0 Å². The normalized spacial score (nSPS) is 10.3. The highest BCUT2D eigenvalue weighted by molar-refractivity contribution is 5.95. The minimum absolute atomic E-state index is 0.0117. The van der Waals surface area contributed by atoms with Crippen molar-refractivity contribution in [2.24, 2.45) is 0 Å². The quantitative estimate of drug-likeness (QED) is 0.819. The number of nitrogens with one attached hydrogen (secondary N) is 2. The second kappa shape index (κ2) is 8.22. The summed E-state index contributed by atoms with van der Waals surface area (Å²) in [5, 5.41) is 6.12. The van der Waals surface area contributed by atoms with Crippen LogP contribution >= 0.6 is 0 Å². The van der Waals surface area contributed by atoms with Crippen LogP contribution < -0.4 is 10.6 Å². The first-order valence-corrected chi connectivity index (χ1v) is 7.36. The van der Waals surface area contributed by atoms with Gasteiger partial charge in [-0.1, -0.05) is 48.5 Å². The fourth-order valence-corrected chi connectivity index (χ4v) is 2.28. The highest BCUT2D eigenvalue weighted by Crippen LogP contribution is 2.09. The number of hydrogen-bond acceptors (Lipinski definition) is 2. The largest absolute Gasteiger partial charge is 0.352 e. The predicted molar refractivity (Wildman–Crippen MR) is 86.6 cm³/mol. The number of benzene rings is 2. The maximum atomic E-state index is 12.3. The van der Waals surface area contributed by atoms with Crippen LogP contribution in [-0.4, -0.2) is 26.0 Å². The van der Waals surface area contributed by atoms with Gasteiger partial charge in [0.1, 0.15) is 0 Å². The van der Waals surface area contributed by atoms with Crippen LogP contribution in [-0.2, 0) is 12.8 Å². The highest BCUT2D eigenvalue weighted by atomic mass is 16.1. The predicted octanol–water partition coefficient (Wildman–Crippen LogP) is 2.42. The smallest absolute Gasteiger partial charge is 0.251 e. The summed E-state index contributed by atoms with van der Waals surface area (Å²) in [6.07, 6.45) is 1.71. The summed E-state index contributed by atoms with van der Waals surface area (Å²) in [6.45, 7) is 1.53. The Labute approximate surface area is 126 Å². The zero-order valence-electron chi connectivity index (χ0n) is 12.4. The Morgan fingerprint density at radius 3 is 2.38 bits per heavy atom. The molecule has 2 N–H and O–H groups in total.